The summed E-state index contributed by atoms with van der Waals surface area (Å²) in [5, 5.41) is 35.2. The van der Waals surface area contributed by atoms with Gasteiger partial charge in [-0.1, -0.05) is 0 Å². The molecule has 31 heavy (non-hydrogen) atoms. The van der Waals surface area contributed by atoms with Crippen molar-refractivity contribution in [3.63, 3.8) is 0 Å². The van der Waals surface area contributed by atoms with Crippen molar-refractivity contribution in [1.82, 2.24) is 14.6 Å². The second-order valence-corrected chi connectivity index (χ2v) is 8.27. The summed E-state index contributed by atoms with van der Waals surface area (Å²) >= 11 is 0. The quantitative estimate of drug-likeness (QED) is 0.455. The first kappa shape index (κ1) is 21.5. The summed E-state index contributed by atoms with van der Waals surface area (Å²) in [6, 6.07) is 5.27. The van der Waals surface area contributed by atoms with Crippen LogP contribution in [0.3, 0.4) is 0 Å². The van der Waals surface area contributed by atoms with Crippen LogP contribution in [0.2, 0.25) is 0 Å². The highest BCUT2D eigenvalue weighted by Gasteiger charge is 2.57. The Kier molecular flexibility index (Phi) is 5.81. The molecule has 2 aromatic rings. The maximum Gasteiger partial charge on any atom is 0.306 e. The van der Waals surface area contributed by atoms with Gasteiger partial charge in [-0.05, 0) is 43.7 Å². The summed E-state index contributed by atoms with van der Waals surface area (Å²) in [4.78, 5) is 16.1. The number of nitrogens with two attached hydrogens (primary N) is 2. The average molecular weight is 430 g/mol. The van der Waals surface area contributed by atoms with Gasteiger partial charge < -0.3 is 31.2 Å². The van der Waals surface area contributed by atoms with Gasteiger partial charge in [0.15, 0.2) is 5.82 Å². The number of hydrogen-bond acceptors (Lipinski definition) is 10. The number of fused-ring (bicyclic) bond motifs is 1. The van der Waals surface area contributed by atoms with Gasteiger partial charge in [0.05, 0.1) is 5.69 Å². The van der Waals surface area contributed by atoms with Gasteiger partial charge >= 0.3 is 5.97 Å². The predicted molar refractivity (Wildman–Crippen MR) is 107 cm³/mol. The molecule has 1 aliphatic carbocycles. The van der Waals surface area contributed by atoms with Crippen molar-refractivity contribution < 1.29 is 24.5 Å². The number of hydrogen-bond donors (Lipinski definition) is 4. The van der Waals surface area contributed by atoms with Crippen LogP contribution in [0.5, 0.6) is 0 Å². The zero-order valence-corrected chi connectivity index (χ0v) is 16.9. The largest absolute Gasteiger partial charge is 0.463 e. The summed E-state index contributed by atoms with van der Waals surface area (Å²) in [7, 11) is 0. The van der Waals surface area contributed by atoms with Crippen molar-refractivity contribution in [3.8, 4) is 6.07 Å². The van der Waals surface area contributed by atoms with E-state index in [1.165, 1.54) is 16.9 Å². The average Bonchev–Trinajstić information content (AvgIpc) is 3.30. The minimum Gasteiger partial charge on any atom is -0.463 e. The molecule has 0 amide bonds. The fourth-order valence-electron chi connectivity index (χ4n) is 4.41. The summed E-state index contributed by atoms with van der Waals surface area (Å²) < 4.78 is 12.4. The maximum absolute atomic E-state index is 12.3. The highest BCUT2D eigenvalue weighted by Crippen LogP contribution is 2.40. The number of nitrogens with zero attached hydrogens (tertiary/aromatic N) is 4. The van der Waals surface area contributed by atoms with Gasteiger partial charge in [-0.15, -0.1) is 0 Å². The summed E-state index contributed by atoms with van der Waals surface area (Å²) in [5.41, 5.74) is 10.4. The van der Waals surface area contributed by atoms with Crippen molar-refractivity contribution in [2.24, 2.45) is 11.7 Å². The van der Waals surface area contributed by atoms with E-state index in [1.54, 1.807) is 6.07 Å². The highest BCUT2D eigenvalue weighted by molar-refractivity contribution is 5.69. The van der Waals surface area contributed by atoms with Crippen molar-refractivity contribution in [2.75, 3.05) is 12.3 Å². The van der Waals surface area contributed by atoms with E-state index in [0.29, 0.717) is 5.52 Å². The number of aliphatic hydroxyl groups excluding tert-OH is 2. The third-order valence-electron chi connectivity index (χ3n) is 6.24. The molecule has 2 aromatic heterocycles. The highest BCUT2D eigenvalue weighted by atomic mass is 16.6. The van der Waals surface area contributed by atoms with E-state index >= 15 is 0 Å². The number of esters is 1. The molecule has 1 aliphatic heterocycles. The van der Waals surface area contributed by atoms with Crippen molar-refractivity contribution in [1.29, 1.82) is 5.26 Å². The fourth-order valence-corrected chi connectivity index (χ4v) is 4.41. The molecule has 4 rings (SSSR count). The minimum absolute atomic E-state index is 0.191. The lowest BCUT2D eigenvalue weighted by Crippen LogP contribution is -2.41. The molecule has 4 atom stereocenters. The molecule has 1 saturated carbocycles. The van der Waals surface area contributed by atoms with Crippen LogP contribution in [0.15, 0.2) is 18.5 Å². The molecule has 3 heterocycles. The number of ether oxygens (including phenoxy) is 2. The van der Waals surface area contributed by atoms with Crippen LogP contribution >= 0.6 is 0 Å². The number of aliphatic hydroxyl groups is 2. The smallest absolute Gasteiger partial charge is 0.306 e. The number of nitrogen functional groups attached to an aromatic ring is 1. The number of rotatable bonds is 5. The standard InChI is InChI=1S/C20H26N6O5/c21-9-20(15-6-5-13-19(23)24-10-25-26(13)15)18(29)17(28)14(31-20)8-30-16(27)7-11-1-3-12(22)4-2-11/h5-6,10-12,14,17-18,28-29H,1-4,7-8,22H2,(H2,23,24,25)/t11-,12-,14-,17-,18-,20+/m1/s1. The Labute approximate surface area is 178 Å². The first-order chi connectivity index (χ1) is 14.9. The monoisotopic (exact) mass is 430 g/mol. The molecule has 11 heteroatoms. The molecule has 2 aliphatic rings. The lowest BCUT2D eigenvalue weighted by molar-refractivity contribution is -0.152. The van der Waals surface area contributed by atoms with E-state index in [1.807, 2.05) is 6.07 Å². The Morgan fingerprint density at radius 3 is 2.81 bits per heavy atom. The third kappa shape index (κ3) is 3.83. The normalized spacial score (nSPS) is 33.3. The first-order valence-corrected chi connectivity index (χ1v) is 10.3. The molecular formula is C20H26N6O5. The van der Waals surface area contributed by atoms with Crippen molar-refractivity contribution in [3.05, 3.63) is 24.2 Å². The van der Waals surface area contributed by atoms with Gasteiger partial charge in [-0.3, -0.25) is 4.79 Å². The topological polar surface area (TPSA) is 182 Å². The molecule has 0 spiro atoms. The van der Waals surface area contributed by atoms with Crippen LogP contribution < -0.4 is 11.5 Å². The lowest BCUT2D eigenvalue weighted by Gasteiger charge is -2.25. The van der Waals surface area contributed by atoms with Crippen molar-refractivity contribution in [2.45, 2.75) is 62.1 Å². The summed E-state index contributed by atoms with van der Waals surface area (Å²) in [5.74, 6) is 0.00753. The van der Waals surface area contributed by atoms with E-state index in [9.17, 15) is 20.3 Å². The Balaban J connectivity index is 1.46. The van der Waals surface area contributed by atoms with Crippen LogP contribution in [-0.4, -0.2) is 61.7 Å². The molecule has 166 valence electrons. The zero-order valence-electron chi connectivity index (χ0n) is 16.9. The van der Waals surface area contributed by atoms with Crippen LogP contribution in [0.1, 0.15) is 37.8 Å². The van der Waals surface area contributed by atoms with Gasteiger partial charge in [-0.2, -0.15) is 10.4 Å². The number of anilines is 1. The molecule has 0 unspecified atom stereocenters. The Bertz CT molecular complexity index is 998. The maximum atomic E-state index is 12.3. The molecule has 2 fully saturated rings. The molecule has 1 saturated heterocycles. The summed E-state index contributed by atoms with van der Waals surface area (Å²) in [6.07, 6.45) is 0.899. The molecule has 6 N–H and O–H groups in total. The Morgan fingerprint density at radius 1 is 1.35 bits per heavy atom. The van der Waals surface area contributed by atoms with Gasteiger partial charge in [0.2, 0.25) is 5.60 Å². The number of carbonyl (C=O) groups excluding carboxylic acids is 1. The SMILES string of the molecule is N#C[C@@]1(c2ccc3c(N)ncnn23)O[C@H](COC(=O)C[C@H]2CC[C@H](N)CC2)[C@@H](O)[C@H]1O. The van der Waals surface area contributed by atoms with E-state index < -0.39 is 29.9 Å². The minimum atomic E-state index is -1.91. The van der Waals surface area contributed by atoms with Gasteiger partial charge in [0.25, 0.3) is 0 Å². The second kappa shape index (κ2) is 8.39. The van der Waals surface area contributed by atoms with Crippen molar-refractivity contribution >= 4 is 17.3 Å². The van der Waals surface area contributed by atoms with Crippen LogP contribution in [0, 0.1) is 17.2 Å². The van der Waals surface area contributed by atoms with Crippen LogP contribution in [0.4, 0.5) is 5.82 Å². The van der Waals surface area contributed by atoms with E-state index in [4.69, 9.17) is 20.9 Å². The van der Waals surface area contributed by atoms with E-state index in [2.05, 4.69) is 10.1 Å². The Hall–Kier alpha value is -2.78. The van der Waals surface area contributed by atoms with Crippen LogP contribution in [0.25, 0.3) is 5.52 Å². The second-order valence-electron chi connectivity index (χ2n) is 8.27. The molecule has 11 nitrogen and oxygen atoms in total. The molecule has 0 aromatic carbocycles. The fraction of sp³-hybridized carbons (Fsp3) is 0.600. The van der Waals surface area contributed by atoms with Gasteiger partial charge in [-0.25, -0.2) is 9.50 Å². The van der Waals surface area contributed by atoms with Gasteiger partial charge in [0.1, 0.15) is 42.8 Å². The predicted octanol–water partition coefficient (Wildman–Crippen LogP) is -0.398. The third-order valence-corrected chi connectivity index (χ3v) is 6.24. The number of nitriles is 1. The number of carbonyl (C=O) groups is 1. The molecular weight excluding hydrogens is 404 g/mol. The summed E-state index contributed by atoms with van der Waals surface area (Å²) in [6.45, 7) is -0.285. The van der Waals surface area contributed by atoms with Gasteiger partial charge in [0, 0.05) is 12.5 Å². The van der Waals surface area contributed by atoms with E-state index in [0.717, 1.165) is 25.7 Å². The Morgan fingerprint density at radius 2 is 2.10 bits per heavy atom. The van der Waals surface area contributed by atoms with E-state index in [-0.39, 0.29) is 36.5 Å². The number of aromatic nitrogens is 3. The lowest BCUT2D eigenvalue weighted by atomic mass is 9.84. The zero-order chi connectivity index (χ0) is 22.2. The van der Waals surface area contributed by atoms with Crippen LogP contribution in [-0.2, 0) is 19.9 Å². The molecule has 0 bridgehead atoms. The molecule has 0 radical (unpaired) electrons. The first-order valence-electron chi connectivity index (χ1n) is 10.3.